The van der Waals surface area contributed by atoms with Crippen molar-refractivity contribution in [1.82, 2.24) is 4.90 Å². The maximum absolute atomic E-state index is 12.3. The number of nitrogens with one attached hydrogen (secondary N) is 2. The van der Waals surface area contributed by atoms with Crippen LogP contribution in [0.5, 0.6) is 0 Å². The van der Waals surface area contributed by atoms with E-state index in [9.17, 15) is 4.79 Å². The zero-order valence-corrected chi connectivity index (χ0v) is 21.7. The molecule has 6 heteroatoms. The van der Waals surface area contributed by atoms with E-state index >= 15 is 0 Å². The van der Waals surface area contributed by atoms with Crippen LogP contribution in [0.4, 0.5) is 16.2 Å². The van der Waals surface area contributed by atoms with Gasteiger partial charge >= 0.3 is 6.09 Å². The largest absolute Gasteiger partial charge is 0.444 e. The van der Waals surface area contributed by atoms with E-state index in [1.165, 1.54) is 38.5 Å². The topological polar surface area (TPSA) is 53.6 Å². The summed E-state index contributed by atoms with van der Waals surface area (Å²) in [6.45, 7) is 12.5. The van der Waals surface area contributed by atoms with E-state index in [1.807, 2.05) is 39.0 Å². The van der Waals surface area contributed by atoms with E-state index in [1.54, 1.807) is 0 Å². The molecule has 5 nitrogen and oxygen atoms in total. The van der Waals surface area contributed by atoms with Crippen LogP contribution in [0, 0.1) is 0 Å². The number of anilines is 2. The number of hydrogen-bond acceptors (Lipinski definition) is 4. The molecule has 0 aliphatic carbocycles. The van der Waals surface area contributed by atoms with E-state index in [4.69, 9.17) is 4.74 Å². The molecule has 0 aromatic heterocycles. The quantitative estimate of drug-likeness (QED) is 0.354. The number of carbonyl (C=O) groups excluding carboxylic acids is 1. The molecule has 1 heterocycles. The number of amides is 1. The minimum Gasteiger partial charge on any atom is -0.444 e. The molecule has 0 unspecified atom stereocenters. The number of piperidine rings is 1. The second kappa shape index (κ2) is 12.7. The summed E-state index contributed by atoms with van der Waals surface area (Å²) in [6, 6.07) is 7.02. The third kappa shape index (κ3) is 9.40. The zero-order chi connectivity index (χ0) is 22.9. The first kappa shape index (κ1) is 26.0. The predicted octanol–water partition coefficient (Wildman–Crippen LogP) is 7.42. The summed E-state index contributed by atoms with van der Waals surface area (Å²) in [4.78, 5) is 15.0. The van der Waals surface area contributed by atoms with E-state index in [0.29, 0.717) is 6.04 Å². The highest BCUT2D eigenvalue weighted by molar-refractivity contribution is 9.10. The normalized spacial score (nSPS) is 15.8. The summed E-state index contributed by atoms with van der Waals surface area (Å²) < 4.78 is 6.41. The Morgan fingerprint density at radius 3 is 2.29 bits per heavy atom. The van der Waals surface area contributed by atoms with Crippen molar-refractivity contribution >= 4 is 33.4 Å². The molecule has 1 aromatic carbocycles. The minimum absolute atomic E-state index is 0.405. The van der Waals surface area contributed by atoms with Gasteiger partial charge in [0.2, 0.25) is 0 Å². The third-order valence-electron chi connectivity index (χ3n) is 5.80. The van der Waals surface area contributed by atoms with Crippen molar-refractivity contribution in [1.29, 1.82) is 0 Å². The highest BCUT2D eigenvalue weighted by Crippen LogP contribution is 2.30. The van der Waals surface area contributed by atoms with Gasteiger partial charge < -0.3 is 15.0 Å². The number of carbonyl (C=O) groups is 1. The molecule has 0 bridgehead atoms. The summed E-state index contributed by atoms with van der Waals surface area (Å²) in [5.74, 6) is 0. The van der Waals surface area contributed by atoms with E-state index in [2.05, 4.69) is 45.3 Å². The Hall–Kier alpha value is -1.27. The Morgan fingerprint density at radius 1 is 1.13 bits per heavy atom. The summed E-state index contributed by atoms with van der Waals surface area (Å²) in [7, 11) is 0. The molecular weight excluding hydrogens is 454 g/mol. The van der Waals surface area contributed by atoms with E-state index in [0.717, 1.165) is 47.8 Å². The number of rotatable bonds is 10. The standard InChI is InChI=1S/C25H42BrN3O2/c1-6-8-10-21(11-9-7-2)29-16-14-20(15-17-29)27-23-18-19(26)12-13-22(23)28-24(30)31-25(3,4)5/h12-13,18,20-21,27H,6-11,14-17H2,1-5H3,(H,28,30). The summed E-state index contributed by atoms with van der Waals surface area (Å²) in [5, 5.41) is 6.58. The second-order valence-corrected chi connectivity index (χ2v) is 10.6. The van der Waals surface area contributed by atoms with Gasteiger partial charge in [-0.3, -0.25) is 5.32 Å². The number of nitrogens with zero attached hydrogens (tertiary/aromatic N) is 1. The Labute approximate surface area is 197 Å². The van der Waals surface area contributed by atoms with Gasteiger partial charge in [0.05, 0.1) is 11.4 Å². The fourth-order valence-corrected chi connectivity index (χ4v) is 4.54. The first-order chi connectivity index (χ1) is 14.7. The van der Waals surface area contributed by atoms with Gasteiger partial charge in [0.25, 0.3) is 0 Å². The zero-order valence-electron chi connectivity index (χ0n) is 20.1. The van der Waals surface area contributed by atoms with Gasteiger partial charge in [-0.2, -0.15) is 0 Å². The summed E-state index contributed by atoms with van der Waals surface area (Å²) in [6.07, 6.45) is 9.65. The van der Waals surface area contributed by atoms with Crippen LogP contribution in [0.1, 0.15) is 86.0 Å². The lowest BCUT2D eigenvalue weighted by Crippen LogP contribution is -2.44. The van der Waals surface area contributed by atoms with Gasteiger partial charge in [-0.05, 0) is 64.7 Å². The van der Waals surface area contributed by atoms with E-state index < -0.39 is 11.7 Å². The van der Waals surface area contributed by atoms with Gasteiger partial charge in [-0.25, -0.2) is 4.79 Å². The molecule has 176 valence electrons. The Kier molecular flexibility index (Phi) is 10.6. The van der Waals surface area contributed by atoms with Crippen LogP contribution in [0.2, 0.25) is 0 Å². The minimum atomic E-state index is -0.522. The molecule has 0 saturated carbocycles. The average molecular weight is 497 g/mol. The number of likely N-dealkylation sites (tertiary alicyclic amines) is 1. The van der Waals surface area contributed by atoms with Crippen molar-refractivity contribution in [2.75, 3.05) is 23.7 Å². The molecule has 1 saturated heterocycles. The van der Waals surface area contributed by atoms with Crippen molar-refractivity contribution in [3.05, 3.63) is 22.7 Å². The molecule has 1 amide bonds. The lowest BCUT2D eigenvalue weighted by atomic mass is 9.97. The maximum atomic E-state index is 12.3. The van der Waals surface area contributed by atoms with Crippen LogP contribution < -0.4 is 10.6 Å². The van der Waals surface area contributed by atoms with Crippen LogP contribution >= 0.6 is 15.9 Å². The van der Waals surface area contributed by atoms with Crippen molar-refractivity contribution < 1.29 is 9.53 Å². The van der Waals surface area contributed by atoms with Gasteiger partial charge in [0.1, 0.15) is 5.60 Å². The molecule has 2 N–H and O–H groups in total. The summed E-state index contributed by atoms with van der Waals surface area (Å²) >= 11 is 3.56. The lowest BCUT2D eigenvalue weighted by Gasteiger charge is -2.38. The maximum Gasteiger partial charge on any atom is 0.412 e. The molecule has 1 fully saturated rings. The van der Waals surface area contributed by atoms with Crippen molar-refractivity contribution in [2.24, 2.45) is 0 Å². The predicted molar refractivity (Wildman–Crippen MR) is 135 cm³/mol. The monoisotopic (exact) mass is 495 g/mol. The average Bonchev–Trinajstić information content (AvgIpc) is 2.69. The molecule has 1 aromatic rings. The summed E-state index contributed by atoms with van der Waals surface area (Å²) in [5.41, 5.74) is 1.17. The second-order valence-electron chi connectivity index (χ2n) is 9.71. The number of unbranched alkanes of at least 4 members (excludes halogenated alkanes) is 2. The molecule has 0 spiro atoms. The number of hydrogen-bond donors (Lipinski definition) is 2. The van der Waals surface area contributed by atoms with Gasteiger partial charge in [-0.15, -0.1) is 0 Å². The van der Waals surface area contributed by atoms with Crippen molar-refractivity contribution in [2.45, 2.75) is 104 Å². The SMILES string of the molecule is CCCCC(CCCC)N1CCC(Nc2cc(Br)ccc2NC(=O)OC(C)(C)C)CC1. The van der Waals surface area contributed by atoms with Gasteiger partial charge in [-0.1, -0.05) is 55.5 Å². The fourth-order valence-electron chi connectivity index (χ4n) is 4.18. The van der Waals surface area contributed by atoms with Gasteiger partial charge in [0.15, 0.2) is 0 Å². The molecule has 1 aliphatic heterocycles. The first-order valence-electron chi connectivity index (χ1n) is 12.0. The first-order valence-corrected chi connectivity index (χ1v) is 12.8. The van der Waals surface area contributed by atoms with Crippen LogP contribution in [-0.4, -0.2) is 41.8 Å². The van der Waals surface area contributed by atoms with Crippen LogP contribution in [-0.2, 0) is 4.74 Å². The van der Waals surface area contributed by atoms with Crippen LogP contribution in [0.25, 0.3) is 0 Å². The van der Waals surface area contributed by atoms with E-state index in [-0.39, 0.29) is 0 Å². The smallest absolute Gasteiger partial charge is 0.412 e. The number of benzene rings is 1. The molecule has 1 aliphatic rings. The third-order valence-corrected chi connectivity index (χ3v) is 6.30. The Morgan fingerprint density at radius 2 is 1.74 bits per heavy atom. The number of halogens is 1. The fraction of sp³-hybridized carbons (Fsp3) is 0.720. The highest BCUT2D eigenvalue weighted by Gasteiger charge is 2.25. The van der Waals surface area contributed by atoms with Crippen LogP contribution in [0.3, 0.4) is 0 Å². The Bertz CT molecular complexity index is 674. The lowest BCUT2D eigenvalue weighted by molar-refractivity contribution is 0.0636. The van der Waals surface area contributed by atoms with Crippen molar-refractivity contribution in [3.63, 3.8) is 0 Å². The number of ether oxygens (including phenoxy) is 1. The Balaban J connectivity index is 1.96. The van der Waals surface area contributed by atoms with Crippen LogP contribution in [0.15, 0.2) is 22.7 Å². The molecule has 0 radical (unpaired) electrons. The molecule has 31 heavy (non-hydrogen) atoms. The molecule has 0 atom stereocenters. The van der Waals surface area contributed by atoms with Crippen molar-refractivity contribution in [3.8, 4) is 0 Å². The highest BCUT2D eigenvalue weighted by atomic mass is 79.9. The van der Waals surface area contributed by atoms with Gasteiger partial charge in [0, 0.05) is 29.6 Å². The molecule has 2 rings (SSSR count). The molecular formula is C25H42BrN3O2.